The number of morpholine rings is 1. The van der Waals surface area contributed by atoms with Crippen LogP contribution >= 0.6 is 11.3 Å². The maximum Gasteiger partial charge on any atom is 0.224 e. The number of amides is 1. The van der Waals surface area contributed by atoms with E-state index in [2.05, 4.69) is 33.9 Å². The van der Waals surface area contributed by atoms with Crippen molar-refractivity contribution in [3.63, 3.8) is 0 Å². The lowest BCUT2D eigenvalue weighted by molar-refractivity contribution is -0.127. The Balaban J connectivity index is 1.48. The zero-order valence-corrected chi connectivity index (χ0v) is 15.5. The lowest BCUT2D eigenvalue weighted by Gasteiger charge is -2.34. The summed E-state index contributed by atoms with van der Waals surface area (Å²) in [6.07, 6.45) is 2.10. The van der Waals surface area contributed by atoms with E-state index in [0.717, 1.165) is 63.1 Å². The molecule has 1 N–H and O–H groups in total. The van der Waals surface area contributed by atoms with Gasteiger partial charge in [0.15, 0.2) is 5.13 Å². The quantitative estimate of drug-likeness (QED) is 0.874. The smallest absolute Gasteiger partial charge is 0.224 e. The molecule has 2 fully saturated rings. The molecule has 0 aromatic carbocycles. The van der Waals surface area contributed by atoms with Crippen molar-refractivity contribution >= 4 is 22.4 Å². The SMILES string of the molecule is CC(C)N1CCCC(C(=O)NCc2csc(N3CCOCC3)n2)C1. The molecule has 24 heavy (non-hydrogen) atoms. The van der Waals surface area contributed by atoms with Gasteiger partial charge in [-0.3, -0.25) is 4.79 Å². The fraction of sp³-hybridized carbons (Fsp3) is 0.765. The average molecular weight is 353 g/mol. The number of piperidine rings is 1. The van der Waals surface area contributed by atoms with Gasteiger partial charge in [-0.15, -0.1) is 11.3 Å². The van der Waals surface area contributed by atoms with Crippen LogP contribution in [0.15, 0.2) is 5.38 Å². The number of nitrogens with zero attached hydrogens (tertiary/aromatic N) is 3. The van der Waals surface area contributed by atoms with Crippen LogP contribution in [0.25, 0.3) is 0 Å². The molecule has 1 aromatic heterocycles. The molecule has 3 rings (SSSR count). The highest BCUT2D eigenvalue weighted by Gasteiger charge is 2.26. The van der Waals surface area contributed by atoms with Crippen LogP contribution in [0.5, 0.6) is 0 Å². The van der Waals surface area contributed by atoms with Crippen molar-refractivity contribution in [1.82, 2.24) is 15.2 Å². The number of hydrogen-bond donors (Lipinski definition) is 1. The highest BCUT2D eigenvalue weighted by atomic mass is 32.1. The molecule has 0 aliphatic carbocycles. The van der Waals surface area contributed by atoms with Gasteiger partial charge < -0.3 is 19.9 Å². The first-order valence-corrected chi connectivity index (χ1v) is 9.80. The summed E-state index contributed by atoms with van der Waals surface area (Å²) in [5, 5.41) is 6.16. The molecular formula is C17H28N4O2S. The van der Waals surface area contributed by atoms with E-state index in [1.54, 1.807) is 11.3 Å². The van der Waals surface area contributed by atoms with E-state index < -0.39 is 0 Å². The molecule has 2 aliphatic heterocycles. The first-order valence-electron chi connectivity index (χ1n) is 8.92. The maximum absolute atomic E-state index is 12.5. The van der Waals surface area contributed by atoms with Crippen LogP contribution in [-0.2, 0) is 16.1 Å². The zero-order chi connectivity index (χ0) is 16.9. The van der Waals surface area contributed by atoms with E-state index in [1.165, 1.54) is 0 Å². The predicted molar refractivity (Wildman–Crippen MR) is 96.4 cm³/mol. The first kappa shape index (κ1) is 17.6. The number of nitrogens with one attached hydrogen (secondary N) is 1. The number of aromatic nitrogens is 1. The second-order valence-corrected chi connectivity index (χ2v) is 7.70. The summed E-state index contributed by atoms with van der Waals surface area (Å²) in [6.45, 7) is 10.2. The van der Waals surface area contributed by atoms with E-state index in [0.29, 0.717) is 12.6 Å². The largest absolute Gasteiger partial charge is 0.378 e. The zero-order valence-electron chi connectivity index (χ0n) is 14.7. The second-order valence-electron chi connectivity index (χ2n) is 6.87. The van der Waals surface area contributed by atoms with Crippen LogP contribution in [0.3, 0.4) is 0 Å². The van der Waals surface area contributed by atoms with Crippen molar-refractivity contribution in [2.75, 3.05) is 44.3 Å². The van der Waals surface area contributed by atoms with Crippen LogP contribution in [0.1, 0.15) is 32.4 Å². The number of likely N-dealkylation sites (tertiary alicyclic amines) is 1. The normalized spacial score (nSPS) is 22.8. The molecule has 0 spiro atoms. The fourth-order valence-electron chi connectivity index (χ4n) is 3.29. The van der Waals surface area contributed by atoms with Gasteiger partial charge in [0.1, 0.15) is 0 Å². The summed E-state index contributed by atoms with van der Waals surface area (Å²) >= 11 is 1.65. The second kappa shape index (κ2) is 8.27. The summed E-state index contributed by atoms with van der Waals surface area (Å²) in [4.78, 5) is 21.8. The molecule has 0 saturated carbocycles. The van der Waals surface area contributed by atoms with Gasteiger partial charge in [0.2, 0.25) is 5.91 Å². The number of ether oxygens (including phenoxy) is 1. The minimum atomic E-state index is 0.110. The van der Waals surface area contributed by atoms with Crippen LogP contribution < -0.4 is 10.2 Å². The molecule has 2 aliphatic rings. The van der Waals surface area contributed by atoms with Gasteiger partial charge in [0, 0.05) is 31.1 Å². The third kappa shape index (κ3) is 4.46. The van der Waals surface area contributed by atoms with Crippen LogP contribution in [-0.4, -0.2) is 61.2 Å². The van der Waals surface area contributed by atoms with E-state index in [1.807, 2.05) is 5.38 Å². The summed E-state index contributed by atoms with van der Waals surface area (Å²) < 4.78 is 5.37. The number of carbonyl (C=O) groups is 1. The van der Waals surface area contributed by atoms with E-state index in [9.17, 15) is 4.79 Å². The van der Waals surface area contributed by atoms with Crippen molar-refractivity contribution < 1.29 is 9.53 Å². The molecule has 7 heteroatoms. The number of rotatable bonds is 5. The molecule has 1 amide bonds. The lowest BCUT2D eigenvalue weighted by atomic mass is 9.96. The Kier molecular flexibility index (Phi) is 6.08. The van der Waals surface area contributed by atoms with Gasteiger partial charge in [0.25, 0.3) is 0 Å². The third-order valence-electron chi connectivity index (χ3n) is 4.82. The Morgan fingerprint density at radius 1 is 1.42 bits per heavy atom. The van der Waals surface area contributed by atoms with Crippen molar-refractivity contribution in [1.29, 1.82) is 0 Å². The van der Waals surface area contributed by atoms with E-state index >= 15 is 0 Å². The summed E-state index contributed by atoms with van der Waals surface area (Å²) in [6, 6.07) is 0.509. The molecule has 1 atom stereocenters. The maximum atomic E-state index is 12.5. The number of hydrogen-bond acceptors (Lipinski definition) is 6. The first-order chi connectivity index (χ1) is 11.6. The molecule has 2 saturated heterocycles. The molecule has 0 radical (unpaired) electrons. The average Bonchev–Trinajstić information content (AvgIpc) is 3.09. The summed E-state index contributed by atoms with van der Waals surface area (Å²) in [5.41, 5.74) is 0.950. The molecule has 1 aromatic rings. The van der Waals surface area contributed by atoms with Crippen LogP contribution in [0.4, 0.5) is 5.13 Å². The van der Waals surface area contributed by atoms with Crippen molar-refractivity contribution in [3.05, 3.63) is 11.1 Å². The topological polar surface area (TPSA) is 57.7 Å². The Morgan fingerprint density at radius 3 is 2.96 bits per heavy atom. The number of thiazole rings is 1. The van der Waals surface area contributed by atoms with Gasteiger partial charge in [-0.2, -0.15) is 0 Å². The molecule has 3 heterocycles. The third-order valence-corrected chi connectivity index (χ3v) is 5.77. The van der Waals surface area contributed by atoms with Gasteiger partial charge in [-0.05, 0) is 33.2 Å². The monoisotopic (exact) mass is 352 g/mol. The Hall–Kier alpha value is -1.18. The van der Waals surface area contributed by atoms with E-state index in [-0.39, 0.29) is 11.8 Å². The number of anilines is 1. The van der Waals surface area contributed by atoms with Gasteiger partial charge >= 0.3 is 0 Å². The highest BCUT2D eigenvalue weighted by molar-refractivity contribution is 7.13. The molecular weight excluding hydrogens is 324 g/mol. The molecule has 134 valence electrons. The summed E-state index contributed by atoms with van der Waals surface area (Å²) in [5.74, 6) is 0.278. The minimum absolute atomic E-state index is 0.110. The highest BCUT2D eigenvalue weighted by Crippen LogP contribution is 2.22. The van der Waals surface area contributed by atoms with Gasteiger partial charge in [0.05, 0.1) is 31.4 Å². The molecule has 6 nitrogen and oxygen atoms in total. The van der Waals surface area contributed by atoms with Crippen molar-refractivity contribution in [2.24, 2.45) is 5.92 Å². The molecule has 1 unspecified atom stereocenters. The lowest BCUT2D eigenvalue weighted by Crippen LogP contribution is -2.45. The van der Waals surface area contributed by atoms with Crippen LogP contribution in [0.2, 0.25) is 0 Å². The van der Waals surface area contributed by atoms with Crippen LogP contribution in [0, 0.1) is 5.92 Å². The van der Waals surface area contributed by atoms with E-state index in [4.69, 9.17) is 4.74 Å². The minimum Gasteiger partial charge on any atom is -0.378 e. The standard InChI is InChI=1S/C17H28N4O2S/c1-13(2)21-5-3-4-14(11-21)16(22)18-10-15-12-24-17(19-15)20-6-8-23-9-7-20/h12-14H,3-11H2,1-2H3,(H,18,22). The van der Waals surface area contributed by atoms with Gasteiger partial charge in [-0.1, -0.05) is 0 Å². The van der Waals surface area contributed by atoms with Crippen molar-refractivity contribution in [3.8, 4) is 0 Å². The van der Waals surface area contributed by atoms with Gasteiger partial charge in [-0.25, -0.2) is 4.98 Å². The predicted octanol–water partition coefficient (Wildman–Crippen LogP) is 1.72. The number of carbonyl (C=O) groups excluding carboxylic acids is 1. The fourth-order valence-corrected chi connectivity index (χ4v) is 4.17. The van der Waals surface area contributed by atoms with Crippen molar-refractivity contribution in [2.45, 2.75) is 39.3 Å². The Bertz CT molecular complexity index is 542. The molecule has 0 bridgehead atoms. The Morgan fingerprint density at radius 2 is 2.21 bits per heavy atom. The Labute approximate surface area is 148 Å². The summed E-state index contributed by atoms with van der Waals surface area (Å²) in [7, 11) is 0.